The van der Waals surface area contributed by atoms with E-state index in [2.05, 4.69) is 54.6 Å². The van der Waals surface area contributed by atoms with E-state index in [1.807, 2.05) is 66.7 Å². The van der Waals surface area contributed by atoms with E-state index >= 15 is 0 Å². The number of hydrogen-bond acceptors (Lipinski definition) is 1. The molecule has 0 spiro atoms. The van der Waals surface area contributed by atoms with Gasteiger partial charge in [-0.2, -0.15) is 0 Å². The second kappa shape index (κ2) is 8.55. The summed E-state index contributed by atoms with van der Waals surface area (Å²) in [7, 11) is 0. The van der Waals surface area contributed by atoms with Gasteiger partial charge in [-0.15, -0.1) is 0 Å². The molecule has 8 aromatic carbocycles. The van der Waals surface area contributed by atoms with Crippen LogP contribution in [0.2, 0.25) is 0 Å². The third kappa shape index (κ3) is 3.30. The molecule has 1 heteroatoms. The Bertz CT molecular complexity index is 2610. The molecule has 9 rings (SSSR count). The maximum atomic E-state index is 9.24. The Balaban J connectivity index is 1.43. The molecule has 0 saturated heterocycles. The van der Waals surface area contributed by atoms with Crippen molar-refractivity contribution in [2.45, 2.75) is 0 Å². The minimum Gasteiger partial charge on any atom is -0.455 e. The molecule has 0 bridgehead atoms. The van der Waals surface area contributed by atoms with Gasteiger partial charge >= 0.3 is 0 Å². The van der Waals surface area contributed by atoms with Crippen LogP contribution in [0.15, 0.2) is 150 Å². The van der Waals surface area contributed by atoms with Crippen LogP contribution in [0.4, 0.5) is 0 Å². The van der Waals surface area contributed by atoms with E-state index in [1.165, 1.54) is 0 Å². The van der Waals surface area contributed by atoms with Crippen LogP contribution in [0.5, 0.6) is 0 Å². The van der Waals surface area contributed by atoms with Crippen LogP contribution in [0, 0.1) is 0 Å². The summed E-state index contributed by atoms with van der Waals surface area (Å²) >= 11 is 0. The number of benzene rings is 8. The minimum atomic E-state index is 0.123. The normalized spacial score (nSPS) is 13.3. The van der Waals surface area contributed by atoms with Gasteiger partial charge < -0.3 is 4.42 Å². The number of hydrogen-bond donors (Lipinski definition) is 0. The Morgan fingerprint density at radius 2 is 1.02 bits per heavy atom. The van der Waals surface area contributed by atoms with Crippen molar-refractivity contribution in [3.05, 3.63) is 145 Å². The van der Waals surface area contributed by atoms with Crippen LogP contribution in [0.1, 0.15) is 5.48 Å². The highest BCUT2D eigenvalue weighted by atomic mass is 16.3. The Morgan fingerprint density at radius 1 is 0.390 bits per heavy atom. The Hall–Kier alpha value is -5.40. The lowest BCUT2D eigenvalue weighted by Gasteiger charge is -2.15. The van der Waals surface area contributed by atoms with Crippen molar-refractivity contribution < 1.29 is 9.90 Å². The molecule has 190 valence electrons. The number of para-hydroxylation sites is 1. The summed E-state index contributed by atoms with van der Waals surface area (Å²) in [4.78, 5) is 0. The van der Waals surface area contributed by atoms with Crippen molar-refractivity contribution in [2.24, 2.45) is 0 Å². The van der Waals surface area contributed by atoms with Crippen LogP contribution in [-0.2, 0) is 0 Å². The summed E-state index contributed by atoms with van der Waals surface area (Å²) in [6.07, 6.45) is 0. The highest BCUT2D eigenvalue weighted by molar-refractivity contribution is 6.26. The second-order valence-electron chi connectivity index (χ2n) is 10.6. The molecule has 0 atom stereocenters. The average molecular weight is 525 g/mol. The van der Waals surface area contributed by atoms with Crippen molar-refractivity contribution >= 4 is 54.3 Å². The van der Waals surface area contributed by atoms with Gasteiger partial charge in [0.2, 0.25) is 0 Å². The summed E-state index contributed by atoms with van der Waals surface area (Å²) in [5, 5.41) is 6.04. The van der Waals surface area contributed by atoms with Gasteiger partial charge in [0.15, 0.2) is 0 Å². The molecule has 0 fully saturated rings. The lowest BCUT2D eigenvalue weighted by molar-refractivity contribution is 0.671. The van der Waals surface area contributed by atoms with E-state index in [0.29, 0.717) is 21.5 Å². The summed E-state index contributed by atoms with van der Waals surface area (Å²) in [5.41, 5.74) is 7.39. The molecule has 0 amide bonds. The summed E-state index contributed by atoms with van der Waals surface area (Å²) in [6.45, 7) is 0. The third-order valence-electron chi connectivity index (χ3n) is 8.25. The van der Waals surface area contributed by atoms with Crippen LogP contribution >= 0.6 is 0 Å². The van der Waals surface area contributed by atoms with E-state index in [1.54, 1.807) is 0 Å². The molecule has 1 heterocycles. The van der Waals surface area contributed by atoms with E-state index in [9.17, 15) is 1.37 Å². The fourth-order valence-corrected chi connectivity index (χ4v) is 6.36. The summed E-state index contributed by atoms with van der Waals surface area (Å²) in [6, 6.07) is 40.8. The maximum absolute atomic E-state index is 9.24. The van der Waals surface area contributed by atoms with Crippen molar-refractivity contribution in [1.82, 2.24) is 0 Å². The molecule has 1 nitrogen and oxygen atoms in total. The molecule has 0 aliphatic heterocycles. The number of fused-ring (bicyclic) bond motifs is 3. The molecule has 0 aliphatic carbocycles. The van der Waals surface area contributed by atoms with Crippen LogP contribution in [-0.4, -0.2) is 0 Å². The van der Waals surface area contributed by atoms with Gasteiger partial charge in [0.1, 0.15) is 11.2 Å². The van der Waals surface area contributed by atoms with Gasteiger partial charge in [-0.3, -0.25) is 0 Å². The predicted octanol–water partition coefficient (Wildman–Crippen LogP) is 11.5. The van der Waals surface area contributed by atoms with Crippen LogP contribution in [0.3, 0.4) is 0 Å². The molecular formula is C40H24O. The molecule has 0 N–H and O–H groups in total. The first-order chi connectivity index (χ1) is 22.0. The monoisotopic (exact) mass is 524 g/mol. The first-order valence-corrected chi connectivity index (χ1v) is 13.8. The van der Waals surface area contributed by atoms with Gasteiger partial charge in [-0.1, -0.05) is 133 Å². The lowest BCUT2D eigenvalue weighted by Crippen LogP contribution is -1.88. The third-order valence-corrected chi connectivity index (χ3v) is 8.25. The topological polar surface area (TPSA) is 13.1 Å². The highest BCUT2D eigenvalue weighted by Crippen LogP contribution is 2.45. The van der Waals surface area contributed by atoms with Crippen molar-refractivity contribution in [3.8, 4) is 33.4 Å². The predicted molar refractivity (Wildman–Crippen MR) is 174 cm³/mol. The smallest absolute Gasteiger partial charge is 0.143 e. The second-order valence-corrected chi connectivity index (χ2v) is 10.6. The van der Waals surface area contributed by atoms with Gasteiger partial charge in [-0.05, 0) is 66.7 Å². The van der Waals surface area contributed by atoms with Crippen molar-refractivity contribution in [2.75, 3.05) is 0 Å². The molecule has 1 aromatic heterocycles. The van der Waals surface area contributed by atoms with E-state index in [4.69, 9.17) is 8.53 Å². The minimum absolute atomic E-state index is 0.123. The fourth-order valence-electron chi connectivity index (χ4n) is 6.36. The zero-order valence-corrected chi connectivity index (χ0v) is 22.0. The Morgan fingerprint density at radius 3 is 1.78 bits per heavy atom. The quantitative estimate of drug-likeness (QED) is 0.210. The molecule has 41 heavy (non-hydrogen) atoms. The van der Waals surface area contributed by atoms with Crippen LogP contribution < -0.4 is 0 Å². The number of furan rings is 1. The lowest BCUT2D eigenvalue weighted by atomic mass is 9.88. The molecular weight excluding hydrogens is 496 g/mol. The van der Waals surface area contributed by atoms with Crippen molar-refractivity contribution in [1.29, 1.82) is 0 Å². The Kier molecular flexibility index (Phi) is 3.92. The average Bonchev–Trinajstić information content (AvgIpc) is 3.48. The zero-order valence-electron chi connectivity index (χ0n) is 26.0. The van der Waals surface area contributed by atoms with Gasteiger partial charge in [0.05, 0.1) is 5.48 Å². The van der Waals surface area contributed by atoms with Gasteiger partial charge in [0.25, 0.3) is 0 Å². The van der Waals surface area contributed by atoms with E-state index in [0.717, 1.165) is 66.1 Å². The van der Waals surface area contributed by atoms with Crippen molar-refractivity contribution in [3.63, 3.8) is 0 Å². The van der Waals surface area contributed by atoms with E-state index in [-0.39, 0.29) is 24.2 Å². The molecule has 0 radical (unpaired) electrons. The molecule has 9 aromatic rings. The first-order valence-electron chi connectivity index (χ1n) is 15.8. The van der Waals surface area contributed by atoms with Crippen LogP contribution in [0.25, 0.3) is 87.6 Å². The van der Waals surface area contributed by atoms with Gasteiger partial charge in [0, 0.05) is 21.9 Å². The van der Waals surface area contributed by atoms with Gasteiger partial charge in [-0.25, -0.2) is 0 Å². The molecule has 0 unspecified atom stereocenters. The first kappa shape index (κ1) is 18.8. The standard InChI is InChI=1S/C40H24O/c1-3-9-25(10-4-1)32-15-8-16-34-36-24-30(23-35(40(36)41-39(32)34)26-11-5-2-6-12-26)31-21-19-29-18-17-27-13-7-14-28-20-22-33(31)38(29)37(27)28/h1-24H/i17D,18D,20D,22D. The fraction of sp³-hybridized carbons (Fsp3) is 0. The Labute approximate surface area is 242 Å². The molecule has 0 aliphatic rings. The number of rotatable bonds is 3. The molecule has 0 saturated carbocycles. The van der Waals surface area contributed by atoms with E-state index < -0.39 is 0 Å². The zero-order chi connectivity index (χ0) is 30.4. The highest BCUT2D eigenvalue weighted by Gasteiger charge is 2.19. The maximum Gasteiger partial charge on any atom is 0.143 e. The summed E-state index contributed by atoms with van der Waals surface area (Å²) in [5.74, 6) is 0. The largest absolute Gasteiger partial charge is 0.455 e. The SMILES string of the molecule is [2H]c1c([2H])c2ccc(-c3cc(-c4ccccc4)c4oc5c(-c6ccccc6)cccc5c4c3)c3c([2H])c([2H])c4cccc1c4c23. The summed E-state index contributed by atoms with van der Waals surface area (Å²) < 4.78 is 42.6.